The molecule has 0 aromatic heterocycles. The van der Waals surface area contributed by atoms with Crippen molar-refractivity contribution in [2.24, 2.45) is 0 Å². The van der Waals surface area contributed by atoms with Gasteiger partial charge >= 0.3 is 0 Å². The fourth-order valence-electron chi connectivity index (χ4n) is 4.68. The van der Waals surface area contributed by atoms with E-state index in [0.29, 0.717) is 31.9 Å². The molecule has 0 saturated heterocycles. The van der Waals surface area contributed by atoms with E-state index in [-0.39, 0.29) is 50.2 Å². The van der Waals surface area contributed by atoms with Gasteiger partial charge < -0.3 is 10.2 Å². The van der Waals surface area contributed by atoms with Gasteiger partial charge in [-0.05, 0) is 67.6 Å². The number of carbonyl (C=O) groups excluding carboxylic acids is 2. The van der Waals surface area contributed by atoms with Crippen LogP contribution in [0.4, 0.5) is 5.69 Å². The monoisotopic (exact) mass is 665 g/mol. The number of hydrogen-bond donors (Lipinski definition) is 1. The maximum Gasteiger partial charge on any atom is 0.243 e. The van der Waals surface area contributed by atoms with E-state index in [2.05, 4.69) is 5.32 Å². The molecule has 0 fully saturated rings. The van der Waals surface area contributed by atoms with Crippen LogP contribution in [-0.2, 0) is 32.6 Å². The number of halogens is 3. The second kappa shape index (κ2) is 15.8. The third kappa shape index (κ3) is 9.86. The van der Waals surface area contributed by atoms with E-state index in [1.807, 2.05) is 44.2 Å². The first-order valence-corrected chi connectivity index (χ1v) is 17.1. The molecule has 0 radical (unpaired) electrons. The maximum absolute atomic E-state index is 14.0. The molecule has 0 unspecified atom stereocenters. The molecular weight excluding hydrogens is 629 g/mol. The molecule has 43 heavy (non-hydrogen) atoms. The highest BCUT2D eigenvalue weighted by atomic mass is 35.5. The fourth-order valence-corrected chi connectivity index (χ4v) is 6.33. The third-order valence-electron chi connectivity index (χ3n) is 7.29. The lowest BCUT2D eigenvalue weighted by Crippen LogP contribution is -2.52. The van der Waals surface area contributed by atoms with Gasteiger partial charge in [0.2, 0.25) is 21.8 Å². The molecule has 0 spiro atoms. The summed E-state index contributed by atoms with van der Waals surface area (Å²) >= 11 is 18.9. The quantitative estimate of drug-likeness (QED) is 0.200. The summed E-state index contributed by atoms with van der Waals surface area (Å²) in [5.74, 6) is -0.577. The van der Waals surface area contributed by atoms with Crippen LogP contribution in [0.15, 0.2) is 66.7 Å². The molecule has 232 valence electrons. The molecule has 2 atom stereocenters. The van der Waals surface area contributed by atoms with Crippen LogP contribution in [0.1, 0.15) is 49.8 Å². The van der Waals surface area contributed by atoms with Gasteiger partial charge in [0.15, 0.2) is 0 Å². The van der Waals surface area contributed by atoms with Gasteiger partial charge in [0, 0.05) is 47.0 Å². The van der Waals surface area contributed by atoms with Crippen molar-refractivity contribution in [3.8, 4) is 0 Å². The van der Waals surface area contributed by atoms with Crippen molar-refractivity contribution < 1.29 is 18.0 Å². The van der Waals surface area contributed by atoms with Crippen LogP contribution < -0.4 is 9.62 Å². The van der Waals surface area contributed by atoms with E-state index in [1.165, 1.54) is 9.21 Å². The first-order valence-electron chi connectivity index (χ1n) is 14.1. The predicted molar refractivity (Wildman–Crippen MR) is 176 cm³/mol. The Morgan fingerprint density at radius 3 is 2.28 bits per heavy atom. The fraction of sp³-hybridized carbons (Fsp3) is 0.375. The lowest BCUT2D eigenvalue weighted by Gasteiger charge is -2.33. The molecule has 3 aromatic carbocycles. The van der Waals surface area contributed by atoms with Crippen molar-refractivity contribution in [3.63, 3.8) is 0 Å². The highest BCUT2D eigenvalue weighted by molar-refractivity contribution is 7.92. The van der Waals surface area contributed by atoms with Crippen LogP contribution in [0.2, 0.25) is 15.1 Å². The molecule has 3 aromatic rings. The molecule has 0 aliphatic heterocycles. The van der Waals surface area contributed by atoms with E-state index >= 15 is 0 Å². The van der Waals surface area contributed by atoms with Crippen LogP contribution in [0.5, 0.6) is 0 Å². The van der Waals surface area contributed by atoms with Gasteiger partial charge in [-0.1, -0.05) is 84.2 Å². The second-order valence-electron chi connectivity index (χ2n) is 10.6. The van der Waals surface area contributed by atoms with Gasteiger partial charge in [0.25, 0.3) is 0 Å². The molecule has 0 aliphatic carbocycles. The normalized spacial score (nSPS) is 12.8. The van der Waals surface area contributed by atoms with E-state index in [9.17, 15) is 18.0 Å². The number of nitrogens with zero attached hydrogens (tertiary/aromatic N) is 2. The molecule has 0 heterocycles. The molecule has 0 aliphatic rings. The van der Waals surface area contributed by atoms with Gasteiger partial charge in [-0.25, -0.2) is 8.42 Å². The Bertz CT molecular complexity index is 1520. The minimum absolute atomic E-state index is 0.00125. The van der Waals surface area contributed by atoms with Crippen LogP contribution in [0.25, 0.3) is 0 Å². The first-order chi connectivity index (χ1) is 20.3. The Morgan fingerprint density at radius 1 is 0.953 bits per heavy atom. The number of amides is 2. The summed E-state index contributed by atoms with van der Waals surface area (Å²) in [7, 11) is -3.66. The van der Waals surface area contributed by atoms with Gasteiger partial charge in [-0.2, -0.15) is 0 Å². The van der Waals surface area contributed by atoms with Gasteiger partial charge in [-0.3, -0.25) is 13.9 Å². The molecule has 1 N–H and O–H groups in total. The van der Waals surface area contributed by atoms with Gasteiger partial charge in [0.05, 0.1) is 11.9 Å². The zero-order chi connectivity index (χ0) is 31.7. The number of sulfonamides is 1. The Kier molecular flexibility index (Phi) is 12.8. The molecule has 0 saturated carbocycles. The largest absolute Gasteiger partial charge is 0.352 e. The van der Waals surface area contributed by atoms with Crippen molar-refractivity contribution in [1.29, 1.82) is 0 Å². The van der Waals surface area contributed by atoms with Crippen molar-refractivity contribution in [3.05, 3.63) is 98.5 Å². The average Bonchev–Trinajstić information content (AvgIpc) is 2.95. The predicted octanol–water partition coefficient (Wildman–Crippen LogP) is 7.06. The van der Waals surface area contributed by atoms with E-state index in [0.717, 1.165) is 18.2 Å². The average molecular weight is 667 g/mol. The SMILES string of the molecule is CC[C@@H](C)NC(=O)[C@@H](Cc1ccccc1)N(Cc1ccc(Cl)cc1Cl)C(=O)CCCN(c1cccc(Cl)c1C)S(C)(=O)=O. The van der Waals surface area contributed by atoms with E-state index in [1.54, 1.807) is 43.3 Å². The number of hydrogen-bond acceptors (Lipinski definition) is 4. The van der Waals surface area contributed by atoms with Crippen LogP contribution in [0.3, 0.4) is 0 Å². The van der Waals surface area contributed by atoms with Crippen molar-refractivity contribution in [2.45, 2.75) is 65.1 Å². The highest BCUT2D eigenvalue weighted by Crippen LogP contribution is 2.29. The Morgan fingerprint density at radius 2 is 1.65 bits per heavy atom. The molecule has 3 rings (SSSR count). The second-order valence-corrected chi connectivity index (χ2v) is 13.8. The molecule has 0 bridgehead atoms. The Labute approximate surface area is 270 Å². The van der Waals surface area contributed by atoms with Crippen LogP contribution >= 0.6 is 34.8 Å². The van der Waals surface area contributed by atoms with E-state index in [4.69, 9.17) is 34.8 Å². The summed E-state index contributed by atoms with van der Waals surface area (Å²) in [5.41, 5.74) is 2.62. The highest BCUT2D eigenvalue weighted by Gasteiger charge is 2.31. The molecule has 2 amide bonds. The Balaban J connectivity index is 1.94. The van der Waals surface area contributed by atoms with Crippen molar-refractivity contribution in [2.75, 3.05) is 17.1 Å². The standard InChI is InChI=1S/C32H38Cl3N3O4S/c1-5-22(2)36-32(40)30(19-24-11-7-6-8-12-24)37(21-25-16-17-26(33)20-28(25)35)31(39)15-10-18-38(43(4,41)42)29-14-9-13-27(34)23(29)3/h6-9,11-14,16-17,20,22,30H,5,10,15,18-19,21H2,1-4H3,(H,36,40)/t22-,30-/m1/s1. The minimum atomic E-state index is -3.66. The summed E-state index contributed by atoms with van der Waals surface area (Å²) in [4.78, 5) is 29.2. The van der Waals surface area contributed by atoms with Crippen LogP contribution in [-0.4, -0.2) is 50.0 Å². The van der Waals surface area contributed by atoms with Crippen LogP contribution in [0, 0.1) is 6.92 Å². The number of benzene rings is 3. The zero-order valence-corrected chi connectivity index (χ0v) is 27.9. The van der Waals surface area contributed by atoms with Gasteiger partial charge in [0.1, 0.15) is 6.04 Å². The lowest BCUT2D eigenvalue weighted by molar-refractivity contribution is -0.141. The Hall–Kier alpha value is -2.78. The topological polar surface area (TPSA) is 86.8 Å². The zero-order valence-electron chi connectivity index (χ0n) is 24.8. The molecule has 11 heteroatoms. The van der Waals surface area contributed by atoms with Crippen molar-refractivity contribution in [1.82, 2.24) is 10.2 Å². The summed E-state index contributed by atoms with van der Waals surface area (Å²) in [6.07, 6.45) is 2.36. The maximum atomic E-state index is 14.0. The molecular formula is C32H38Cl3N3O4S. The van der Waals surface area contributed by atoms with E-state index < -0.39 is 16.1 Å². The molecule has 7 nitrogen and oxygen atoms in total. The summed E-state index contributed by atoms with van der Waals surface area (Å²) in [6.45, 7) is 5.77. The third-order valence-corrected chi connectivity index (χ3v) is 9.46. The summed E-state index contributed by atoms with van der Waals surface area (Å²) in [6, 6.07) is 18.7. The first kappa shape index (κ1) is 34.7. The smallest absolute Gasteiger partial charge is 0.243 e. The number of nitrogens with one attached hydrogen (secondary N) is 1. The summed E-state index contributed by atoms with van der Waals surface area (Å²) < 4.78 is 26.8. The van der Waals surface area contributed by atoms with Gasteiger partial charge in [-0.15, -0.1) is 0 Å². The van der Waals surface area contributed by atoms with Crippen molar-refractivity contribution >= 4 is 62.3 Å². The summed E-state index contributed by atoms with van der Waals surface area (Å²) in [5, 5.41) is 4.32. The lowest BCUT2D eigenvalue weighted by atomic mass is 10.0. The number of anilines is 1. The minimum Gasteiger partial charge on any atom is -0.352 e. The number of carbonyl (C=O) groups is 2. The number of rotatable bonds is 14.